The number of fused-ring (bicyclic) bond motifs is 1. The van der Waals surface area contributed by atoms with Crippen LogP contribution in [0, 0.1) is 0 Å². The third-order valence-corrected chi connectivity index (χ3v) is 3.08. The minimum absolute atomic E-state index is 0.249. The van der Waals surface area contributed by atoms with Crippen molar-refractivity contribution >= 4 is 27.6 Å². The molecule has 2 rings (SSSR count). The standard InChI is InChI=1S/C11H11NO3S/c1-14-10(13)6-7-3-4-9-8(5-7)11(15-2)12-16-9/h3-5H,6H2,1-2H3. The van der Waals surface area contributed by atoms with E-state index in [4.69, 9.17) is 4.74 Å². The van der Waals surface area contributed by atoms with Crippen molar-refractivity contribution in [3.05, 3.63) is 23.8 Å². The Kier molecular flexibility index (Phi) is 3.05. The van der Waals surface area contributed by atoms with Crippen LogP contribution >= 0.6 is 11.5 Å². The lowest BCUT2D eigenvalue weighted by molar-refractivity contribution is -0.139. The first-order chi connectivity index (χ1) is 7.74. The predicted molar refractivity (Wildman–Crippen MR) is 61.9 cm³/mol. The van der Waals surface area contributed by atoms with E-state index in [0.29, 0.717) is 5.88 Å². The minimum atomic E-state index is -0.249. The Hall–Kier alpha value is -1.62. The van der Waals surface area contributed by atoms with Gasteiger partial charge in [-0.3, -0.25) is 4.79 Å². The fraction of sp³-hybridized carbons (Fsp3) is 0.273. The molecule has 0 radical (unpaired) electrons. The van der Waals surface area contributed by atoms with Crippen LogP contribution in [0.2, 0.25) is 0 Å². The molecule has 0 aliphatic carbocycles. The fourth-order valence-electron chi connectivity index (χ4n) is 1.46. The number of benzene rings is 1. The second-order valence-electron chi connectivity index (χ2n) is 3.28. The lowest BCUT2D eigenvalue weighted by Gasteiger charge is -2.00. The number of esters is 1. The van der Waals surface area contributed by atoms with Gasteiger partial charge in [-0.15, -0.1) is 0 Å². The topological polar surface area (TPSA) is 48.4 Å². The summed E-state index contributed by atoms with van der Waals surface area (Å²) in [5.41, 5.74) is 0.901. The van der Waals surface area contributed by atoms with E-state index in [9.17, 15) is 4.79 Å². The number of aromatic nitrogens is 1. The van der Waals surface area contributed by atoms with Crippen molar-refractivity contribution in [3.63, 3.8) is 0 Å². The monoisotopic (exact) mass is 237 g/mol. The molecule has 0 saturated carbocycles. The van der Waals surface area contributed by atoms with Gasteiger partial charge in [0.25, 0.3) is 0 Å². The maximum absolute atomic E-state index is 11.1. The molecule has 0 fully saturated rings. The maximum atomic E-state index is 11.1. The second kappa shape index (κ2) is 4.49. The van der Waals surface area contributed by atoms with Crippen molar-refractivity contribution in [1.29, 1.82) is 0 Å². The molecule has 0 N–H and O–H groups in total. The largest absolute Gasteiger partial charge is 0.480 e. The van der Waals surface area contributed by atoms with Gasteiger partial charge in [-0.25, -0.2) is 0 Å². The van der Waals surface area contributed by atoms with E-state index in [1.54, 1.807) is 7.11 Å². The van der Waals surface area contributed by atoms with E-state index in [0.717, 1.165) is 15.6 Å². The molecular weight excluding hydrogens is 226 g/mol. The number of hydrogen-bond acceptors (Lipinski definition) is 5. The van der Waals surface area contributed by atoms with Crippen molar-refractivity contribution < 1.29 is 14.3 Å². The zero-order chi connectivity index (χ0) is 11.5. The van der Waals surface area contributed by atoms with Crippen LogP contribution in [0.4, 0.5) is 0 Å². The maximum Gasteiger partial charge on any atom is 0.309 e. The molecule has 4 nitrogen and oxygen atoms in total. The molecule has 5 heteroatoms. The molecule has 1 aromatic carbocycles. The SMILES string of the molecule is COC(=O)Cc1ccc2snc(OC)c2c1. The van der Waals surface area contributed by atoms with E-state index in [1.807, 2.05) is 18.2 Å². The van der Waals surface area contributed by atoms with Gasteiger partial charge >= 0.3 is 5.97 Å². The van der Waals surface area contributed by atoms with E-state index in [1.165, 1.54) is 18.6 Å². The lowest BCUT2D eigenvalue weighted by atomic mass is 10.1. The summed E-state index contributed by atoms with van der Waals surface area (Å²) in [6, 6.07) is 5.75. The Morgan fingerprint density at radius 1 is 1.44 bits per heavy atom. The molecule has 84 valence electrons. The van der Waals surface area contributed by atoms with Gasteiger partial charge in [-0.2, -0.15) is 4.37 Å². The molecule has 1 heterocycles. The summed E-state index contributed by atoms with van der Waals surface area (Å²) in [5, 5.41) is 0.939. The second-order valence-corrected chi connectivity index (χ2v) is 4.08. The molecule has 0 atom stereocenters. The average Bonchev–Trinajstić information content (AvgIpc) is 2.71. The highest BCUT2D eigenvalue weighted by Crippen LogP contribution is 2.29. The summed E-state index contributed by atoms with van der Waals surface area (Å²) in [4.78, 5) is 11.1. The minimum Gasteiger partial charge on any atom is -0.480 e. The van der Waals surface area contributed by atoms with Crippen LogP contribution in [0.1, 0.15) is 5.56 Å². The zero-order valence-electron chi connectivity index (χ0n) is 9.02. The average molecular weight is 237 g/mol. The van der Waals surface area contributed by atoms with Gasteiger partial charge in [0, 0.05) is 0 Å². The van der Waals surface area contributed by atoms with Crippen molar-refractivity contribution in [2.75, 3.05) is 14.2 Å². The molecule has 0 saturated heterocycles. The van der Waals surface area contributed by atoms with Gasteiger partial charge in [0.15, 0.2) is 0 Å². The Morgan fingerprint density at radius 3 is 2.94 bits per heavy atom. The molecule has 0 spiro atoms. The molecule has 0 amide bonds. The summed E-state index contributed by atoms with van der Waals surface area (Å²) in [5.74, 6) is 0.355. The number of rotatable bonds is 3. The zero-order valence-corrected chi connectivity index (χ0v) is 9.84. The van der Waals surface area contributed by atoms with Crippen molar-refractivity contribution in [2.24, 2.45) is 0 Å². The number of methoxy groups -OCH3 is 2. The van der Waals surface area contributed by atoms with E-state index >= 15 is 0 Å². The summed E-state index contributed by atoms with van der Waals surface area (Å²) >= 11 is 1.38. The summed E-state index contributed by atoms with van der Waals surface area (Å²) in [6.45, 7) is 0. The molecule has 0 aliphatic heterocycles. The highest BCUT2D eigenvalue weighted by atomic mass is 32.1. The van der Waals surface area contributed by atoms with Crippen molar-refractivity contribution in [3.8, 4) is 5.88 Å². The third-order valence-electron chi connectivity index (χ3n) is 2.27. The highest BCUT2D eigenvalue weighted by molar-refractivity contribution is 7.13. The predicted octanol–water partition coefficient (Wildman–Crippen LogP) is 2.02. The van der Waals surface area contributed by atoms with Crippen molar-refractivity contribution in [1.82, 2.24) is 4.37 Å². The van der Waals surface area contributed by atoms with Gasteiger partial charge in [-0.1, -0.05) is 6.07 Å². The number of carbonyl (C=O) groups excluding carboxylic acids is 1. The Labute approximate surface area is 97.0 Å². The van der Waals surface area contributed by atoms with Gasteiger partial charge in [0.2, 0.25) is 5.88 Å². The summed E-state index contributed by atoms with van der Waals surface area (Å²) in [6.07, 6.45) is 0.269. The molecule has 16 heavy (non-hydrogen) atoms. The normalized spacial score (nSPS) is 10.4. The van der Waals surface area contributed by atoms with Crippen molar-refractivity contribution in [2.45, 2.75) is 6.42 Å². The molecule has 1 aromatic heterocycles. The highest BCUT2D eigenvalue weighted by Gasteiger charge is 2.09. The Morgan fingerprint density at radius 2 is 2.25 bits per heavy atom. The number of ether oxygens (including phenoxy) is 2. The molecule has 0 bridgehead atoms. The van der Waals surface area contributed by atoms with Gasteiger partial charge in [0.05, 0.1) is 30.7 Å². The number of nitrogens with zero attached hydrogens (tertiary/aromatic N) is 1. The van der Waals surface area contributed by atoms with Crippen LogP contribution in [0.15, 0.2) is 18.2 Å². The summed E-state index contributed by atoms with van der Waals surface area (Å²) < 4.78 is 15.0. The molecule has 2 aromatic rings. The first-order valence-corrected chi connectivity index (χ1v) is 5.51. The van der Waals surface area contributed by atoms with Gasteiger partial charge in [0.1, 0.15) is 0 Å². The van der Waals surface area contributed by atoms with Crippen LogP contribution < -0.4 is 4.74 Å². The third kappa shape index (κ3) is 1.99. The smallest absolute Gasteiger partial charge is 0.309 e. The Bertz CT molecular complexity index is 521. The van der Waals surface area contributed by atoms with Crippen LogP contribution in [-0.2, 0) is 16.0 Å². The van der Waals surface area contributed by atoms with Gasteiger partial charge < -0.3 is 9.47 Å². The molecule has 0 aliphatic rings. The quantitative estimate of drug-likeness (QED) is 0.766. The van der Waals surface area contributed by atoms with Crippen LogP contribution in [0.3, 0.4) is 0 Å². The molecular formula is C11H11NO3S. The summed E-state index contributed by atoms with van der Waals surface area (Å²) in [7, 11) is 2.97. The van der Waals surface area contributed by atoms with E-state index in [2.05, 4.69) is 9.11 Å². The Balaban J connectivity index is 2.37. The van der Waals surface area contributed by atoms with E-state index < -0.39 is 0 Å². The first-order valence-electron chi connectivity index (χ1n) is 4.73. The van der Waals surface area contributed by atoms with Gasteiger partial charge in [-0.05, 0) is 29.2 Å². The molecule has 0 unspecified atom stereocenters. The van der Waals surface area contributed by atoms with Crippen LogP contribution in [-0.4, -0.2) is 24.6 Å². The lowest BCUT2D eigenvalue weighted by Crippen LogP contribution is -2.04. The van der Waals surface area contributed by atoms with E-state index in [-0.39, 0.29) is 12.4 Å². The fourth-order valence-corrected chi connectivity index (χ4v) is 2.19. The van der Waals surface area contributed by atoms with Crippen LogP contribution in [0.25, 0.3) is 10.1 Å². The van der Waals surface area contributed by atoms with Crippen LogP contribution in [0.5, 0.6) is 5.88 Å². The number of hydrogen-bond donors (Lipinski definition) is 0. The first kappa shape index (κ1) is 10.9. The number of carbonyl (C=O) groups is 1.